The third kappa shape index (κ3) is 4.45. The number of carbonyl (C=O) groups is 1. The fourth-order valence-corrected chi connectivity index (χ4v) is 2.77. The molecule has 0 aliphatic rings. The van der Waals surface area contributed by atoms with Crippen LogP contribution in [-0.2, 0) is 18.3 Å². The molecule has 1 atom stereocenters. The van der Waals surface area contributed by atoms with Crippen molar-refractivity contribution in [2.24, 2.45) is 7.05 Å². The van der Waals surface area contributed by atoms with E-state index >= 15 is 0 Å². The van der Waals surface area contributed by atoms with Gasteiger partial charge in [0, 0.05) is 43.3 Å². The van der Waals surface area contributed by atoms with Gasteiger partial charge in [-0.2, -0.15) is 0 Å². The lowest BCUT2D eigenvalue weighted by molar-refractivity contribution is -0.121. The predicted molar refractivity (Wildman–Crippen MR) is 97.2 cm³/mol. The maximum atomic E-state index is 12.5. The Morgan fingerprint density at radius 2 is 2.04 bits per heavy atom. The Kier molecular flexibility index (Phi) is 5.46. The summed E-state index contributed by atoms with van der Waals surface area (Å²) in [6, 6.07) is 11.0. The molecular formula is C19H19ClN4O. The minimum absolute atomic E-state index is 0.0354. The van der Waals surface area contributed by atoms with Gasteiger partial charge in [0.05, 0.1) is 0 Å². The van der Waals surface area contributed by atoms with Crippen LogP contribution in [0.3, 0.4) is 0 Å². The van der Waals surface area contributed by atoms with E-state index in [9.17, 15) is 4.79 Å². The average Bonchev–Trinajstić information content (AvgIpc) is 3.05. The van der Waals surface area contributed by atoms with Gasteiger partial charge in [-0.15, -0.1) is 0 Å². The topological polar surface area (TPSA) is 59.8 Å². The van der Waals surface area contributed by atoms with Crippen LogP contribution in [0, 0.1) is 0 Å². The average molecular weight is 355 g/mol. The molecular weight excluding hydrogens is 336 g/mol. The summed E-state index contributed by atoms with van der Waals surface area (Å²) in [6.07, 6.45) is 8.12. The summed E-state index contributed by atoms with van der Waals surface area (Å²) in [5, 5.41) is 3.74. The lowest BCUT2D eigenvalue weighted by atomic mass is 10.1. The van der Waals surface area contributed by atoms with Crippen molar-refractivity contribution < 1.29 is 4.79 Å². The van der Waals surface area contributed by atoms with Crippen molar-refractivity contribution in [3.63, 3.8) is 0 Å². The first-order chi connectivity index (χ1) is 12.1. The van der Waals surface area contributed by atoms with E-state index in [0.717, 1.165) is 17.0 Å². The van der Waals surface area contributed by atoms with Gasteiger partial charge in [-0.25, -0.2) is 4.98 Å². The molecule has 0 radical (unpaired) electrons. The van der Waals surface area contributed by atoms with Crippen molar-refractivity contribution >= 4 is 17.5 Å². The predicted octanol–water partition coefficient (Wildman–Crippen LogP) is 3.31. The highest BCUT2D eigenvalue weighted by molar-refractivity contribution is 6.30. The van der Waals surface area contributed by atoms with Crippen LogP contribution in [0.15, 0.2) is 61.2 Å². The molecule has 0 spiro atoms. The number of benzene rings is 1. The molecule has 6 heteroatoms. The number of pyridine rings is 1. The summed E-state index contributed by atoms with van der Waals surface area (Å²) in [4.78, 5) is 20.9. The molecule has 0 saturated carbocycles. The second-order valence-corrected chi connectivity index (χ2v) is 6.25. The molecule has 128 valence electrons. The molecule has 1 aromatic carbocycles. The lowest BCUT2D eigenvalue weighted by Crippen LogP contribution is -2.31. The van der Waals surface area contributed by atoms with Crippen molar-refractivity contribution in [1.29, 1.82) is 0 Å². The molecule has 3 aromatic rings. The van der Waals surface area contributed by atoms with E-state index in [1.54, 1.807) is 18.6 Å². The number of nitrogens with one attached hydrogen (secondary N) is 1. The molecule has 5 nitrogen and oxygen atoms in total. The van der Waals surface area contributed by atoms with Crippen LogP contribution in [0.2, 0.25) is 5.02 Å². The number of amides is 1. The molecule has 0 aliphatic heterocycles. The Bertz CT molecular complexity index is 830. The van der Waals surface area contributed by atoms with Gasteiger partial charge < -0.3 is 9.88 Å². The van der Waals surface area contributed by atoms with Crippen LogP contribution in [0.5, 0.6) is 0 Å². The minimum Gasteiger partial charge on any atom is -0.342 e. The van der Waals surface area contributed by atoms with Crippen LogP contribution in [-0.4, -0.2) is 20.4 Å². The molecule has 2 heterocycles. The Balaban J connectivity index is 1.74. The summed E-state index contributed by atoms with van der Waals surface area (Å²) >= 11 is 5.98. The van der Waals surface area contributed by atoms with Gasteiger partial charge in [-0.05, 0) is 35.7 Å². The number of rotatable bonds is 6. The Hall–Kier alpha value is -2.66. The van der Waals surface area contributed by atoms with Crippen LogP contribution in [0.4, 0.5) is 0 Å². The molecule has 0 saturated heterocycles. The minimum atomic E-state index is -0.321. The van der Waals surface area contributed by atoms with Crippen LogP contribution >= 0.6 is 11.6 Å². The maximum absolute atomic E-state index is 12.5. The normalized spacial score (nSPS) is 11.9. The van der Waals surface area contributed by atoms with Gasteiger partial charge >= 0.3 is 0 Å². The van der Waals surface area contributed by atoms with E-state index in [1.807, 2.05) is 54.2 Å². The van der Waals surface area contributed by atoms with E-state index in [4.69, 9.17) is 11.6 Å². The molecule has 2 aromatic heterocycles. The van der Waals surface area contributed by atoms with Crippen molar-refractivity contribution in [2.45, 2.75) is 18.9 Å². The number of carbonyl (C=O) groups excluding carboxylic acids is 1. The largest absolute Gasteiger partial charge is 0.342 e. The Morgan fingerprint density at radius 1 is 1.24 bits per heavy atom. The number of nitrogens with zero attached hydrogens (tertiary/aromatic N) is 3. The zero-order valence-corrected chi connectivity index (χ0v) is 14.6. The highest BCUT2D eigenvalue weighted by Crippen LogP contribution is 2.22. The third-order valence-corrected chi connectivity index (χ3v) is 4.24. The quantitative estimate of drug-likeness (QED) is 0.738. The van der Waals surface area contributed by atoms with Gasteiger partial charge in [0.15, 0.2) is 0 Å². The van der Waals surface area contributed by atoms with Crippen molar-refractivity contribution in [1.82, 2.24) is 19.9 Å². The molecule has 3 rings (SSSR count). The van der Waals surface area contributed by atoms with Crippen molar-refractivity contribution in [3.05, 3.63) is 83.2 Å². The van der Waals surface area contributed by atoms with E-state index < -0.39 is 0 Å². The maximum Gasteiger partial charge on any atom is 0.221 e. The van der Waals surface area contributed by atoms with Crippen LogP contribution < -0.4 is 5.32 Å². The fourth-order valence-electron chi connectivity index (χ4n) is 2.64. The Labute approximate surface area is 151 Å². The van der Waals surface area contributed by atoms with E-state index in [2.05, 4.69) is 15.3 Å². The zero-order chi connectivity index (χ0) is 17.6. The van der Waals surface area contributed by atoms with Gasteiger partial charge in [-0.3, -0.25) is 9.78 Å². The summed E-state index contributed by atoms with van der Waals surface area (Å²) in [5.41, 5.74) is 1.98. The summed E-state index contributed by atoms with van der Waals surface area (Å²) < 4.78 is 1.90. The van der Waals surface area contributed by atoms with Gasteiger partial charge in [0.25, 0.3) is 0 Å². The van der Waals surface area contributed by atoms with E-state index in [1.165, 1.54) is 0 Å². The molecule has 25 heavy (non-hydrogen) atoms. The van der Waals surface area contributed by atoms with Crippen molar-refractivity contribution in [3.8, 4) is 0 Å². The highest BCUT2D eigenvalue weighted by Gasteiger charge is 2.20. The van der Waals surface area contributed by atoms with Crippen molar-refractivity contribution in [2.75, 3.05) is 0 Å². The standard InChI is InChI=1S/C19H19ClN4O/c1-24-12-11-22-19(24)18(15-5-7-16(20)8-6-15)23-17(25)9-4-14-3-2-10-21-13-14/h2-3,5-8,10-13,18H,4,9H2,1H3,(H,23,25)/t18-/m0/s1. The number of hydrogen-bond acceptors (Lipinski definition) is 3. The molecule has 0 unspecified atom stereocenters. The van der Waals surface area contributed by atoms with Gasteiger partial charge in [-0.1, -0.05) is 29.8 Å². The smallest absolute Gasteiger partial charge is 0.221 e. The second-order valence-electron chi connectivity index (χ2n) is 5.81. The highest BCUT2D eigenvalue weighted by atomic mass is 35.5. The van der Waals surface area contributed by atoms with Gasteiger partial charge in [0.1, 0.15) is 11.9 Å². The first kappa shape index (κ1) is 17.2. The number of halogens is 1. The molecule has 1 N–H and O–H groups in total. The molecule has 0 aliphatic carbocycles. The van der Waals surface area contributed by atoms with E-state index in [0.29, 0.717) is 17.9 Å². The fraction of sp³-hybridized carbons (Fsp3) is 0.211. The monoisotopic (exact) mass is 354 g/mol. The summed E-state index contributed by atoms with van der Waals surface area (Å²) in [7, 11) is 1.91. The van der Waals surface area contributed by atoms with Gasteiger partial charge in [0.2, 0.25) is 5.91 Å². The summed E-state index contributed by atoms with van der Waals surface area (Å²) in [5.74, 6) is 0.740. The van der Waals surface area contributed by atoms with Crippen LogP contribution in [0.1, 0.15) is 29.4 Å². The molecule has 0 fully saturated rings. The number of aryl methyl sites for hydroxylation is 2. The van der Waals surface area contributed by atoms with Crippen LogP contribution in [0.25, 0.3) is 0 Å². The van der Waals surface area contributed by atoms with E-state index in [-0.39, 0.29) is 11.9 Å². The molecule has 0 bridgehead atoms. The zero-order valence-electron chi connectivity index (χ0n) is 13.9. The number of imidazole rings is 1. The Morgan fingerprint density at radius 3 is 2.68 bits per heavy atom. The SMILES string of the molecule is Cn1ccnc1[C@@H](NC(=O)CCc1cccnc1)c1ccc(Cl)cc1. The second kappa shape index (κ2) is 7.94. The molecule has 1 amide bonds. The number of hydrogen-bond donors (Lipinski definition) is 1. The number of aromatic nitrogens is 3. The third-order valence-electron chi connectivity index (χ3n) is 3.99. The lowest BCUT2D eigenvalue weighted by Gasteiger charge is -2.19. The first-order valence-corrected chi connectivity index (χ1v) is 8.42. The first-order valence-electron chi connectivity index (χ1n) is 8.04. The summed E-state index contributed by atoms with van der Waals surface area (Å²) in [6.45, 7) is 0.